The molecular formula is C22H30O4. The third-order valence-electron chi connectivity index (χ3n) is 4.16. The molecule has 0 unspecified atom stereocenters. The van der Waals surface area contributed by atoms with E-state index < -0.39 is 12.1 Å². The standard InChI is InChI=1S/C22H30O4/c1-2-3-4-5-6-9-12-19(23)15-16-20-18(14-17-21(20)24)11-8-7-10-13-22(25)26/h3-4,6-9,14-20,23H,2,5,10-13H2,1H3,(H,25,26)/b4-3-,8-7-,9-6-,16-15+/t18-,19-,20+/m1/s1. The lowest BCUT2D eigenvalue weighted by molar-refractivity contribution is -0.136. The van der Waals surface area contributed by atoms with E-state index in [1.54, 1.807) is 18.2 Å². The van der Waals surface area contributed by atoms with Crippen molar-refractivity contribution in [1.29, 1.82) is 0 Å². The van der Waals surface area contributed by atoms with Crippen LogP contribution < -0.4 is 0 Å². The second kappa shape index (κ2) is 13.1. The molecule has 2 N–H and O–H groups in total. The summed E-state index contributed by atoms with van der Waals surface area (Å²) in [5.41, 5.74) is 0. The van der Waals surface area contributed by atoms with Crippen LogP contribution in [-0.2, 0) is 9.59 Å². The lowest BCUT2D eigenvalue weighted by Crippen LogP contribution is -2.14. The van der Waals surface area contributed by atoms with Gasteiger partial charge in [-0.2, -0.15) is 0 Å². The van der Waals surface area contributed by atoms with Crippen molar-refractivity contribution in [3.05, 3.63) is 60.8 Å². The number of carboxylic acid groups (broad SMARTS) is 1. The fraction of sp³-hybridized carbons (Fsp3) is 0.455. The monoisotopic (exact) mass is 358 g/mol. The van der Waals surface area contributed by atoms with E-state index in [1.165, 1.54) is 0 Å². The number of allylic oxidation sites excluding steroid dienone is 8. The van der Waals surface area contributed by atoms with Gasteiger partial charge in [-0.15, -0.1) is 0 Å². The van der Waals surface area contributed by atoms with Crippen molar-refractivity contribution in [2.24, 2.45) is 11.8 Å². The molecule has 0 aromatic rings. The topological polar surface area (TPSA) is 74.6 Å². The predicted molar refractivity (Wildman–Crippen MR) is 105 cm³/mol. The maximum atomic E-state index is 12.0. The summed E-state index contributed by atoms with van der Waals surface area (Å²) in [5.74, 6) is -0.930. The quantitative estimate of drug-likeness (QED) is 0.507. The summed E-state index contributed by atoms with van der Waals surface area (Å²) in [6.45, 7) is 2.09. The van der Waals surface area contributed by atoms with E-state index in [2.05, 4.69) is 19.1 Å². The molecule has 1 aliphatic carbocycles. The first-order valence-corrected chi connectivity index (χ1v) is 9.29. The molecule has 0 amide bonds. The van der Waals surface area contributed by atoms with E-state index in [-0.39, 0.29) is 24.0 Å². The van der Waals surface area contributed by atoms with Crippen LogP contribution in [0.1, 0.15) is 45.4 Å². The third kappa shape index (κ3) is 9.33. The highest BCUT2D eigenvalue weighted by Gasteiger charge is 2.26. The van der Waals surface area contributed by atoms with E-state index in [4.69, 9.17) is 5.11 Å². The summed E-state index contributed by atoms with van der Waals surface area (Å²) in [6, 6.07) is 0. The van der Waals surface area contributed by atoms with Crippen LogP contribution in [0.15, 0.2) is 60.8 Å². The van der Waals surface area contributed by atoms with Crippen molar-refractivity contribution in [3.63, 3.8) is 0 Å². The highest BCUT2D eigenvalue weighted by molar-refractivity contribution is 5.95. The number of carboxylic acids is 1. The fourth-order valence-electron chi connectivity index (χ4n) is 2.70. The van der Waals surface area contributed by atoms with Gasteiger partial charge in [0.25, 0.3) is 0 Å². The second-order valence-corrected chi connectivity index (χ2v) is 6.37. The first-order valence-electron chi connectivity index (χ1n) is 9.29. The minimum absolute atomic E-state index is 0.0534. The highest BCUT2D eigenvalue weighted by atomic mass is 16.4. The Bertz CT molecular complexity index is 581. The number of rotatable bonds is 12. The molecular weight excluding hydrogens is 328 g/mol. The lowest BCUT2D eigenvalue weighted by Gasteiger charge is -2.13. The van der Waals surface area contributed by atoms with Crippen molar-refractivity contribution < 1.29 is 19.8 Å². The van der Waals surface area contributed by atoms with E-state index in [0.717, 1.165) is 12.8 Å². The Morgan fingerprint density at radius 2 is 1.96 bits per heavy atom. The first-order chi connectivity index (χ1) is 12.5. The molecule has 4 nitrogen and oxygen atoms in total. The minimum atomic E-state index is -0.809. The second-order valence-electron chi connectivity index (χ2n) is 6.37. The van der Waals surface area contributed by atoms with Gasteiger partial charge in [-0.25, -0.2) is 0 Å². The fourth-order valence-corrected chi connectivity index (χ4v) is 2.70. The van der Waals surface area contributed by atoms with Gasteiger partial charge in [0.1, 0.15) is 0 Å². The van der Waals surface area contributed by atoms with Crippen molar-refractivity contribution in [3.8, 4) is 0 Å². The molecule has 0 saturated heterocycles. The van der Waals surface area contributed by atoms with Gasteiger partial charge in [0.05, 0.1) is 6.10 Å². The number of hydrogen-bond donors (Lipinski definition) is 2. The van der Waals surface area contributed by atoms with Crippen molar-refractivity contribution in [1.82, 2.24) is 0 Å². The molecule has 0 aliphatic heterocycles. The summed E-state index contributed by atoms with van der Waals surface area (Å²) < 4.78 is 0. The number of carbonyl (C=O) groups excluding carboxylic acids is 1. The highest BCUT2D eigenvalue weighted by Crippen LogP contribution is 2.27. The smallest absolute Gasteiger partial charge is 0.303 e. The minimum Gasteiger partial charge on any atom is -0.481 e. The van der Waals surface area contributed by atoms with E-state index >= 15 is 0 Å². The molecule has 26 heavy (non-hydrogen) atoms. The number of hydrogen-bond acceptors (Lipinski definition) is 3. The molecule has 1 rings (SSSR count). The maximum Gasteiger partial charge on any atom is 0.303 e. The maximum absolute atomic E-state index is 12.0. The number of ketones is 1. The van der Waals surface area contributed by atoms with Crippen LogP contribution in [0.25, 0.3) is 0 Å². The molecule has 1 aliphatic rings. The van der Waals surface area contributed by atoms with Gasteiger partial charge in [-0.1, -0.05) is 61.6 Å². The molecule has 142 valence electrons. The number of aliphatic carboxylic acids is 1. The van der Waals surface area contributed by atoms with Crippen molar-refractivity contribution >= 4 is 11.8 Å². The summed E-state index contributed by atoms with van der Waals surface area (Å²) in [4.78, 5) is 22.5. The Balaban J connectivity index is 2.41. The lowest BCUT2D eigenvalue weighted by atomic mass is 9.90. The Kier molecular flexibility index (Phi) is 11.0. The van der Waals surface area contributed by atoms with E-state index in [1.807, 2.05) is 30.4 Å². The van der Waals surface area contributed by atoms with Gasteiger partial charge in [0.15, 0.2) is 5.78 Å². The summed E-state index contributed by atoms with van der Waals surface area (Å²) in [7, 11) is 0. The zero-order valence-electron chi connectivity index (χ0n) is 15.5. The number of carbonyl (C=O) groups is 2. The summed E-state index contributed by atoms with van der Waals surface area (Å²) in [5, 5.41) is 18.6. The number of aliphatic hydroxyl groups is 1. The van der Waals surface area contributed by atoms with Crippen LogP contribution in [0.5, 0.6) is 0 Å². The molecule has 0 radical (unpaired) electrons. The van der Waals surface area contributed by atoms with Crippen LogP contribution in [0.3, 0.4) is 0 Å². The van der Waals surface area contributed by atoms with Gasteiger partial charge in [-0.3, -0.25) is 9.59 Å². The van der Waals surface area contributed by atoms with Crippen molar-refractivity contribution in [2.45, 2.75) is 51.6 Å². The van der Waals surface area contributed by atoms with Crippen LogP contribution in [0.4, 0.5) is 0 Å². The van der Waals surface area contributed by atoms with Crippen molar-refractivity contribution in [2.75, 3.05) is 0 Å². The normalized spacial score (nSPS) is 21.8. The molecule has 0 bridgehead atoms. The van der Waals surface area contributed by atoms with Gasteiger partial charge in [-0.05, 0) is 44.1 Å². The predicted octanol–water partition coefficient (Wildman–Crippen LogP) is 4.39. The molecule has 0 aromatic heterocycles. The average molecular weight is 358 g/mol. The zero-order chi connectivity index (χ0) is 19.2. The van der Waals surface area contributed by atoms with Crippen LogP contribution in [0, 0.1) is 11.8 Å². The Labute approximate surface area is 156 Å². The van der Waals surface area contributed by atoms with Gasteiger partial charge in [0.2, 0.25) is 0 Å². The molecule has 3 atom stereocenters. The summed E-state index contributed by atoms with van der Waals surface area (Å²) >= 11 is 0. The van der Waals surface area contributed by atoms with Gasteiger partial charge < -0.3 is 10.2 Å². The summed E-state index contributed by atoms with van der Waals surface area (Å²) in [6.07, 6.45) is 22.1. The molecule has 0 fully saturated rings. The third-order valence-corrected chi connectivity index (χ3v) is 4.16. The molecule has 0 aromatic carbocycles. The SMILES string of the molecule is CC/C=C\C/C=C\C[C@@H](O)/C=C/[C@@H]1C(=O)C=C[C@H]1C/C=C\CCC(=O)O. The van der Waals surface area contributed by atoms with Crippen LogP contribution in [-0.4, -0.2) is 28.1 Å². The zero-order valence-corrected chi connectivity index (χ0v) is 15.5. The first kappa shape index (κ1) is 21.8. The average Bonchev–Trinajstić information content (AvgIpc) is 2.95. The van der Waals surface area contributed by atoms with Gasteiger partial charge >= 0.3 is 5.97 Å². The van der Waals surface area contributed by atoms with Crippen LogP contribution >= 0.6 is 0 Å². The molecule has 4 heteroatoms. The van der Waals surface area contributed by atoms with Gasteiger partial charge in [0, 0.05) is 12.3 Å². The Hall–Kier alpha value is -2.20. The van der Waals surface area contributed by atoms with E-state index in [0.29, 0.717) is 19.3 Å². The molecule has 0 spiro atoms. The Morgan fingerprint density at radius 1 is 1.19 bits per heavy atom. The molecule has 0 heterocycles. The largest absolute Gasteiger partial charge is 0.481 e. The molecule has 0 saturated carbocycles. The number of aliphatic hydroxyl groups excluding tert-OH is 1. The Morgan fingerprint density at radius 3 is 2.69 bits per heavy atom. The van der Waals surface area contributed by atoms with E-state index in [9.17, 15) is 14.7 Å². The van der Waals surface area contributed by atoms with Crippen LogP contribution in [0.2, 0.25) is 0 Å².